The predicted octanol–water partition coefficient (Wildman–Crippen LogP) is 4.26. The second-order valence-corrected chi connectivity index (χ2v) is 8.41. The lowest BCUT2D eigenvalue weighted by Crippen LogP contribution is -2.33. The van der Waals surface area contributed by atoms with Crippen molar-refractivity contribution in [1.82, 2.24) is 0 Å². The Labute approximate surface area is 100 Å². The van der Waals surface area contributed by atoms with E-state index in [1.807, 2.05) is 7.11 Å². The van der Waals surface area contributed by atoms with Gasteiger partial charge >= 0.3 is 0 Å². The third-order valence-electron chi connectivity index (χ3n) is 3.31. The van der Waals surface area contributed by atoms with Gasteiger partial charge < -0.3 is 4.43 Å². The molecule has 1 rings (SSSR count). The summed E-state index contributed by atoms with van der Waals surface area (Å²) in [5.41, 5.74) is 5.04. The van der Waals surface area contributed by atoms with E-state index >= 15 is 0 Å². The van der Waals surface area contributed by atoms with E-state index in [0.717, 1.165) is 12.1 Å². The fraction of sp³-hybridized carbons (Fsp3) is 0.429. The second kappa shape index (κ2) is 6.02. The van der Waals surface area contributed by atoms with Crippen LogP contribution in [0.2, 0.25) is 12.1 Å². The molecule has 0 spiro atoms. The lowest BCUT2D eigenvalue weighted by Gasteiger charge is -2.24. The van der Waals surface area contributed by atoms with Crippen molar-refractivity contribution in [3.63, 3.8) is 0 Å². The molecule has 0 fully saturated rings. The average molecular weight is 234 g/mol. The molecule has 0 saturated heterocycles. The zero-order valence-electron chi connectivity index (χ0n) is 10.8. The van der Waals surface area contributed by atoms with Gasteiger partial charge in [-0.25, -0.2) is 0 Å². The lowest BCUT2D eigenvalue weighted by molar-refractivity contribution is 0.404. The molecule has 16 heavy (non-hydrogen) atoms. The van der Waals surface area contributed by atoms with Gasteiger partial charge in [0.15, 0.2) is 0 Å². The topological polar surface area (TPSA) is 9.23 Å². The van der Waals surface area contributed by atoms with Gasteiger partial charge in [-0.1, -0.05) is 49.9 Å². The van der Waals surface area contributed by atoms with E-state index in [1.165, 1.54) is 11.1 Å². The molecule has 1 aromatic rings. The molecule has 2 heteroatoms. The van der Waals surface area contributed by atoms with Crippen LogP contribution in [0.4, 0.5) is 0 Å². The largest absolute Gasteiger partial charge is 0.416 e. The van der Waals surface area contributed by atoms with Crippen LogP contribution in [0.15, 0.2) is 36.0 Å². The van der Waals surface area contributed by atoms with Crippen LogP contribution in [0.3, 0.4) is 0 Å². The van der Waals surface area contributed by atoms with Crippen molar-refractivity contribution in [1.29, 1.82) is 0 Å². The van der Waals surface area contributed by atoms with Crippen LogP contribution in [0.5, 0.6) is 0 Å². The predicted molar refractivity (Wildman–Crippen MR) is 73.8 cm³/mol. The molecule has 0 heterocycles. The molecule has 0 N–H and O–H groups in total. The van der Waals surface area contributed by atoms with Crippen molar-refractivity contribution in [3.8, 4) is 0 Å². The average Bonchev–Trinajstić information content (AvgIpc) is 2.37. The van der Waals surface area contributed by atoms with Gasteiger partial charge in [0.1, 0.15) is 0 Å². The van der Waals surface area contributed by atoms with E-state index in [1.54, 1.807) is 0 Å². The number of hydrogen-bond donors (Lipinski definition) is 0. The lowest BCUT2D eigenvalue weighted by atomic mass is 10.1. The number of hydrogen-bond acceptors (Lipinski definition) is 1. The minimum Gasteiger partial charge on any atom is -0.416 e. The maximum Gasteiger partial charge on any atom is 0.216 e. The van der Waals surface area contributed by atoms with Gasteiger partial charge in [0.05, 0.1) is 0 Å². The summed E-state index contributed by atoms with van der Waals surface area (Å²) in [6, 6.07) is 12.8. The summed E-state index contributed by atoms with van der Waals surface area (Å²) in [7, 11) is 0.230. The first-order valence-electron chi connectivity index (χ1n) is 5.97. The van der Waals surface area contributed by atoms with E-state index in [-0.39, 0.29) is 0 Å². The fourth-order valence-corrected chi connectivity index (χ4v) is 4.54. The Morgan fingerprint density at radius 2 is 1.75 bits per heavy atom. The van der Waals surface area contributed by atoms with Crippen molar-refractivity contribution >= 4 is 13.9 Å². The zero-order valence-corrected chi connectivity index (χ0v) is 11.8. The zero-order chi connectivity index (χ0) is 12.0. The second-order valence-electron chi connectivity index (χ2n) is 4.17. The third kappa shape index (κ3) is 3.06. The number of allylic oxidation sites excluding steroid dienone is 1. The summed E-state index contributed by atoms with van der Waals surface area (Å²) in [4.78, 5) is 0. The molecule has 88 valence electrons. The molecule has 0 aromatic heterocycles. The summed E-state index contributed by atoms with van der Waals surface area (Å²) in [6.07, 6.45) is 0. The Hall–Kier alpha value is -0.863. The van der Waals surface area contributed by atoms with Crippen LogP contribution in [-0.4, -0.2) is 15.4 Å². The minimum absolute atomic E-state index is 1.14. The minimum atomic E-state index is -1.63. The summed E-state index contributed by atoms with van der Waals surface area (Å²) in [5, 5.41) is 0. The van der Waals surface area contributed by atoms with Gasteiger partial charge in [-0.2, -0.15) is 0 Å². The highest BCUT2D eigenvalue weighted by Gasteiger charge is 2.26. The summed E-state index contributed by atoms with van der Waals surface area (Å²) >= 11 is 0. The van der Waals surface area contributed by atoms with Crippen molar-refractivity contribution in [2.45, 2.75) is 32.9 Å². The maximum atomic E-state index is 5.79. The number of rotatable bonds is 5. The van der Waals surface area contributed by atoms with Gasteiger partial charge in [0.25, 0.3) is 0 Å². The van der Waals surface area contributed by atoms with E-state index in [4.69, 9.17) is 4.43 Å². The summed E-state index contributed by atoms with van der Waals surface area (Å²) in [6.45, 7) is 6.64. The summed E-state index contributed by atoms with van der Waals surface area (Å²) in [5.74, 6) is 0. The van der Waals surface area contributed by atoms with E-state index < -0.39 is 8.32 Å². The Kier molecular flexibility index (Phi) is 4.96. The molecule has 0 aliphatic rings. The number of benzene rings is 1. The van der Waals surface area contributed by atoms with Gasteiger partial charge in [-0.15, -0.1) is 0 Å². The first-order chi connectivity index (χ1) is 7.67. The molecule has 0 bridgehead atoms. The van der Waals surface area contributed by atoms with E-state index in [9.17, 15) is 0 Å². The van der Waals surface area contributed by atoms with Gasteiger partial charge in [0.2, 0.25) is 8.32 Å². The van der Waals surface area contributed by atoms with Crippen molar-refractivity contribution < 1.29 is 4.43 Å². The van der Waals surface area contributed by atoms with Crippen molar-refractivity contribution in [3.05, 3.63) is 41.6 Å². The third-order valence-corrected chi connectivity index (χ3v) is 7.48. The van der Waals surface area contributed by atoms with Crippen LogP contribution in [0.1, 0.15) is 26.3 Å². The molecule has 0 saturated carbocycles. The fourth-order valence-electron chi connectivity index (χ4n) is 1.98. The van der Waals surface area contributed by atoms with Crippen LogP contribution in [-0.2, 0) is 4.43 Å². The molecular weight excluding hydrogens is 212 g/mol. The summed E-state index contributed by atoms with van der Waals surface area (Å²) < 4.78 is 5.79. The van der Waals surface area contributed by atoms with Crippen LogP contribution < -0.4 is 0 Å². The normalized spacial score (nSPS) is 12.9. The standard InChI is InChI=1S/C14H22OSi/c1-5-16(6-2,15-4)12-13(3)14-10-8-7-9-11-14/h7-12H,5-6H2,1-4H3. The Morgan fingerprint density at radius 1 is 1.19 bits per heavy atom. The van der Waals surface area contributed by atoms with Crippen LogP contribution >= 0.6 is 0 Å². The molecule has 0 unspecified atom stereocenters. The van der Waals surface area contributed by atoms with E-state index in [2.05, 4.69) is 56.8 Å². The molecule has 1 aromatic carbocycles. The SMILES string of the molecule is CC[Si](C=C(C)c1ccccc1)(CC)OC. The van der Waals surface area contributed by atoms with Gasteiger partial charge in [-0.05, 0) is 30.1 Å². The smallest absolute Gasteiger partial charge is 0.216 e. The highest BCUT2D eigenvalue weighted by atomic mass is 28.4. The highest BCUT2D eigenvalue weighted by molar-refractivity contribution is 6.79. The first kappa shape index (κ1) is 13.2. The van der Waals surface area contributed by atoms with Crippen molar-refractivity contribution in [2.24, 2.45) is 0 Å². The van der Waals surface area contributed by atoms with Gasteiger partial charge in [0, 0.05) is 7.11 Å². The molecule has 0 amide bonds. The molecule has 0 radical (unpaired) electrons. The molecular formula is C14H22OSi. The van der Waals surface area contributed by atoms with Crippen molar-refractivity contribution in [2.75, 3.05) is 7.11 Å². The van der Waals surface area contributed by atoms with Crippen LogP contribution in [0.25, 0.3) is 5.57 Å². The Morgan fingerprint density at radius 3 is 2.19 bits per heavy atom. The monoisotopic (exact) mass is 234 g/mol. The molecule has 0 atom stereocenters. The molecule has 0 aliphatic carbocycles. The maximum absolute atomic E-state index is 5.79. The van der Waals surface area contributed by atoms with E-state index in [0.29, 0.717) is 0 Å². The molecule has 1 nitrogen and oxygen atoms in total. The molecule has 0 aliphatic heterocycles. The van der Waals surface area contributed by atoms with Gasteiger partial charge in [-0.3, -0.25) is 0 Å². The quantitative estimate of drug-likeness (QED) is 0.692. The first-order valence-corrected chi connectivity index (χ1v) is 8.37. The van der Waals surface area contributed by atoms with Crippen LogP contribution in [0, 0.1) is 0 Å². The Bertz CT molecular complexity index is 331. The highest BCUT2D eigenvalue weighted by Crippen LogP contribution is 2.23. The Balaban J connectivity index is 2.99.